The Morgan fingerprint density at radius 1 is 1.00 bits per heavy atom. The van der Waals surface area contributed by atoms with Gasteiger partial charge >= 0.3 is 0 Å². The fraction of sp³-hybridized carbons (Fsp3) is 0.263. The van der Waals surface area contributed by atoms with E-state index < -0.39 is 0 Å². The lowest BCUT2D eigenvalue weighted by molar-refractivity contribution is -0.116. The van der Waals surface area contributed by atoms with E-state index >= 15 is 0 Å². The van der Waals surface area contributed by atoms with Gasteiger partial charge in [-0.25, -0.2) is 0 Å². The molecule has 0 fully saturated rings. The maximum absolute atomic E-state index is 12.3. The lowest BCUT2D eigenvalue weighted by Gasteiger charge is -2.09. The first-order chi connectivity index (χ1) is 12.0. The monoisotopic (exact) mass is 360 g/mol. The number of benzene rings is 2. The number of amides is 2. The summed E-state index contributed by atoms with van der Waals surface area (Å²) in [6.07, 6.45) is 1.28. The Morgan fingerprint density at radius 2 is 1.64 bits per heavy atom. The van der Waals surface area contributed by atoms with Crippen LogP contribution in [-0.4, -0.2) is 18.4 Å². The molecule has 0 spiro atoms. The maximum atomic E-state index is 12.3. The van der Waals surface area contributed by atoms with Gasteiger partial charge in [-0.1, -0.05) is 18.5 Å². The summed E-state index contributed by atoms with van der Waals surface area (Å²) in [7, 11) is 0. The highest BCUT2D eigenvalue weighted by Crippen LogP contribution is 2.26. The number of hydrogen-bond donors (Lipinski definition) is 2. The lowest BCUT2D eigenvalue weighted by Crippen LogP contribution is -2.13. The summed E-state index contributed by atoms with van der Waals surface area (Å²) in [6.45, 7) is 4.32. The molecule has 2 rings (SSSR count). The van der Waals surface area contributed by atoms with Gasteiger partial charge in [-0.2, -0.15) is 0 Å². The van der Waals surface area contributed by atoms with Crippen LogP contribution in [0.4, 0.5) is 11.4 Å². The molecule has 25 heavy (non-hydrogen) atoms. The standard InChI is InChI=1S/C19H21ClN2O3/c1-3-5-18(23)21-14-7-9-15(10-8-14)22-19(24)13-6-11-17(25-4-2)16(20)12-13/h6-12H,3-5H2,1-2H3,(H,21,23)(H,22,24). The minimum atomic E-state index is -0.271. The fourth-order valence-corrected chi connectivity index (χ4v) is 2.44. The quantitative estimate of drug-likeness (QED) is 0.750. The lowest BCUT2D eigenvalue weighted by atomic mass is 10.2. The van der Waals surface area contributed by atoms with Gasteiger partial charge in [-0.05, 0) is 55.8 Å². The predicted octanol–water partition coefficient (Wildman–Crippen LogP) is 4.73. The van der Waals surface area contributed by atoms with Gasteiger partial charge in [0.05, 0.1) is 11.6 Å². The van der Waals surface area contributed by atoms with Gasteiger partial charge in [-0.3, -0.25) is 9.59 Å². The Balaban J connectivity index is 2.00. The van der Waals surface area contributed by atoms with E-state index in [0.29, 0.717) is 40.7 Å². The van der Waals surface area contributed by atoms with Crippen LogP contribution < -0.4 is 15.4 Å². The summed E-state index contributed by atoms with van der Waals surface area (Å²) >= 11 is 6.10. The smallest absolute Gasteiger partial charge is 0.255 e. The summed E-state index contributed by atoms with van der Waals surface area (Å²) in [5, 5.41) is 5.98. The zero-order valence-electron chi connectivity index (χ0n) is 14.3. The van der Waals surface area contributed by atoms with E-state index in [1.165, 1.54) is 0 Å². The third-order valence-corrected chi connectivity index (χ3v) is 3.69. The SMILES string of the molecule is CCCC(=O)Nc1ccc(NC(=O)c2ccc(OCC)c(Cl)c2)cc1. The highest BCUT2D eigenvalue weighted by atomic mass is 35.5. The minimum Gasteiger partial charge on any atom is -0.492 e. The molecule has 5 nitrogen and oxygen atoms in total. The van der Waals surface area contributed by atoms with E-state index in [2.05, 4.69) is 10.6 Å². The summed E-state index contributed by atoms with van der Waals surface area (Å²) < 4.78 is 5.35. The molecule has 0 radical (unpaired) electrons. The molecule has 2 aromatic carbocycles. The van der Waals surface area contributed by atoms with Crippen LogP contribution in [0, 0.1) is 0 Å². The summed E-state index contributed by atoms with van der Waals surface area (Å²) in [5.41, 5.74) is 1.76. The van der Waals surface area contributed by atoms with Gasteiger partial charge in [0.25, 0.3) is 5.91 Å². The van der Waals surface area contributed by atoms with Gasteiger partial charge in [0.2, 0.25) is 5.91 Å². The highest BCUT2D eigenvalue weighted by Gasteiger charge is 2.10. The number of carbonyl (C=O) groups excluding carboxylic acids is 2. The van der Waals surface area contributed by atoms with Crippen molar-refractivity contribution in [1.82, 2.24) is 0 Å². The molecule has 2 N–H and O–H groups in total. The first-order valence-corrected chi connectivity index (χ1v) is 8.55. The van der Waals surface area contributed by atoms with Crippen molar-refractivity contribution in [3.63, 3.8) is 0 Å². The van der Waals surface area contributed by atoms with Crippen molar-refractivity contribution in [2.75, 3.05) is 17.2 Å². The largest absolute Gasteiger partial charge is 0.492 e. The molecule has 2 aromatic rings. The first kappa shape index (κ1) is 18.8. The average molecular weight is 361 g/mol. The molecule has 0 saturated carbocycles. The fourth-order valence-electron chi connectivity index (χ4n) is 2.21. The van der Waals surface area contributed by atoms with Crippen LogP contribution in [0.5, 0.6) is 5.75 Å². The van der Waals surface area contributed by atoms with Crippen molar-refractivity contribution >= 4 is 34.8 Å². The van der Waals surface area contributed by atoms with Crippen LogP contribution >= 0.6 is 11.6 Å². The van der Waals surface area contributed by atoms with Crippen LogP contribution in [0.1, 0.15) is 37.0 Å². The molecule has 0 unspecified atom stereocenters. The maximum Gasteiger partial charge on any atom is 0.255 e. The third kappa shape index (κ3) is 5.50. The predicted molar refractivity (Wildman–Crippen MR) is 101 cm³/mol. The van der Waals surface area contributed by atoms with Crippen LogP contribution in [0.3, 0.4) is 0 Å². The van der Waals surface area contributed by atoms with E-state index in [-0.39, 0.29) is 11.8 Å². The number of halogens is 1. The van der Waals surface area contributed by atoms with Crippen molar-refractivity contribution in [2.45, 2.75) is 26.7 Å². The van der Waals surface area contributed by atoms with Crippen LogP contribution in [0.25, 0.3) is 0 Å². The highest BCUT2D eigenvalue weighted by molar-refractivity contribution is 6.32. The van der Waals surface area contributed by atoms with E-state index in [0.717, 1.165) is 6.42 Å². The molecule has 0 atom stereocenters. The second kappa shape index (κ2) is 9.08. The zero-order valence-corrected chi connectivity index (χ0v) is 15.0. The van der Waals surface area contributed by atoms with Crippen molar-refractivity contribution in [2.24, 2.45) is 0 Å². The van der Waals surface area contributed by atoms with Crippen LogP contribution in [-0.2, 0) is 4.79 Å². The van der Waals surface area contributed by atoms with Crippen molar-refractivity contribution in [3.8, 4) is 5.75 Å². The van der Waals surface area contributed by atoms with E-state index in [1.54, 1.807) is 42.5 Å². The number of carbonyl (C=O) groups is 2. The topological polar surface area (TPSA) is 67.4 Å². The summed E-state index contributed by atoms with van der Waals surface area (Å²) in [5.74, 6) is 0.254. The molecule has 2 amide bonds. The zero-order chi connectivity index (χ0) is 18.2. The molecule has 132 valence electrons. The van der Waals surface area contributed by atoms with Crippen molar-refractivity contribution in [3.05, 3.63) is 53.1 Å². The van der Waals surface area contributed by atoms with Gasteiger partial charge in [0.1, 0.15) is 5.75 Å². The van der Waals surface area contributed by atoms with E-state index in [1.807, 2.05) is 13.8 Å². The van der Waals surface area contributed by atoms with Gasteiger partial charge in [-0.15, -0.1) is 0 Å². The Morgan fingerprint density at radius 3 is 2.20 bits per heavy atom. The Labute approximate surface area is 152 Å². The number of hydrogen-bond acceptors (Lipinski definition) is 3. The third-order valence-electron chi connectivity index (χ3n) is 3.40. The number of rotatable bonds is 7. The Hall–Kier alpha value is -2.53. The minimum absolute atomic E-state index is 0.0247. The van der Waals surface area contributed by atoms with Crippen molar-refractivity contribution < 1.29 is 14.3 Å². The molecular formula is C19H21ClN2O3. The molecule has 0 aliphatic heterocycles. The normalized spacial score (nSPS) is 10.2. The number of ether oxygens (including phenoxy) is 1. The number of anilines is 2. The summed E-state index contributed by atoms with van der Waals surface area (Å²) in [4.78, 5) is 23.9. The van der Waals surface area contributed by atoms with E-state index in [4.69, 9.17) is 16.3 Å². The van der Waals surface area contributed by atoms with Gasteiger partial charge in [0, 0.05) is 23.4 Å². The molecule has 0 heterocycles. The molecule has 0 bridgehead atoms. The van der Waals surface area contributed by atoms with Crippen molar-refractivity contribution in [1.29, 1.82) is 0 Å². The van der Waals surface area contributed by atoms with Crippen LogP contribution in [0.2, 0.25) is 5.02 Å². The molecule has 0 saturated heterocycles. The number of nitrogens with one attached hydrogen (secondary N) is 2. The van der Waals surface area contributed by atoms with Gasteiger partial charge < -0.3 is 15.4 Å². The second-order valence-electron chi connectivity index (χ2n) is 5.41. The first-order valence-electron chi connectivity index (χ1n) is 8.17. The summed E-state index contributed by atoms with van der Waals surface area (Å²) in [6, 6.07) is 11.9. The molecule has 0 aliphatic rings. The average Bonchev–Trinajstić information content (AvgIpc) is 2.58. The van der Waals surface area contributed by atoms with Gasteiger partial charge in [0.15, 0.2) is 0 Å². The Bertz CT molecular complexity index is 745. The van der Waals surface area contributed by atoms with E-state index in [9.17, 15) is 9.59 Å². The Kier molecular flexibility index (Phi) is 6.83. The molecule has 0 aliphatic carbocycles. The molecular weight excluding hydrogens is 340 g/mol. The molecule has 6 heteroatoms. The van der Waals surface area contributed by atoms with Crippen LogP contribution in [0.15, 0.2) is 42.5 Å². The molecule has 0 aromatic heterocycles. The second-order valence-corrected chi connectivity index (χ2v) is 5.82.